The molecular formula is C12H15ClN4O3S. The van der Waals surface area contributed by atoms with E-state index in [-0.39, 0.29) is 17.5 Å². The van der Waals surface area contributed by atoms with E-state index in [9.17, 15) is 8.42 Å². The summed E-state index contributed by atoms with van der Waals surface area (Å²) in [6.07, 6.45) is 2.50. The minimum Gasteiger partial charge on any atom is -0.479 e. The molecule has 0 aromatic carbocycles. The Bertz CT molecular complexity index is 774. The second-order valence-corrected chi connectivity index (χ2v) is 7.56. The molecule has 2 aromatic rings. The molecular weight excluding hydrogens is 316 g/mol. The average Bonchev–Trinajstić information content (AvgIpc) is 2.98. The van der Waals surface area contributed by atoms with Crippen LogP contribution in [0.2, 0.25) is 0 Å². The first-order valence-electron chi connectivity index (χ1n) is 6.58. The molecule has 0 radical (unpaired) electrons. The Kier molecular flexibility index (Phi) is 3.75. The van der Waals surface area contributed by atoms with Gasteiger partial charge in [0.2, 0.25) is 5.88 Å². The molecule has 9 heteroatoms. The highest BCUT2D eigenvalue weighted by atomic mass is 35.5. The number of methoxy groups -OCH3 is 1. The Morgan fingerprint density at radius 3 is 2.90 bits per heavy atom. The third kappa shape index (κ3) is 2.57. The highest BCUT2D eigenvalue weighted by Crippen LogP contribution is 2.31. The third-order valence-electron chi connectivity index (χ3n) is 3.60. The number of sulfone groups is 1. The number of fused-ring (bicyclic) bond motifs is 1. The number of imidazole rings is 1. The molecule has 1 aliphatic rings. The highest BCUT2D eigenvalue weighted by Gasteiger charge is 2.32. The van der Waals surface area contributed by atoms with Gasteiger partial charge in [0.15, 0.2) is 21.0 Å². The summed E-state index contributed by atoms with van der Waals surface area (Å²) in [5.41, 5.74) is 1.15. The number of nitrogens with zero attached hydrogens (tertiary/aromatic N) is 4. The van der Waals surface area contributed by atoms with E-state index in [1.165, 1.54) is 13.4 Å². The van der Waals surface area contributed by atoms with Crippen molar-refractivity contribution in [3.05, 3.63) is 12.2 Å². The molecule has 1 unspecified atom stereocenters. The van der Waals surface area contributed by atoms with Crippen LogP contribution >= 0.6 is 11.6 Å². The average molecular weight is 331 g/mol. The van der Waals surface area contributed by atoms with Crippen LogP contribution < -0.4 is 4.74 Å². The Labute approximate surface area is 127 Å². The number of halogens is 1. The zero-order valence-electron chi connectivity index (χ0n) is 11.5. The second kappa shape index (κ2) is 5.42. The van der Waals surface area contributed by atoms with Gasteiger partial charge >= 0.3 is 0 Å². The molecule has 2 aromatic heterocycles. The van der Waals surface area contributed by atoms with Gasteiger partial charge in [-0.15, -0.1) is 11.6 Å². The SMILES string of the molecule is COc1ncnc2c1nc(CCCl)n2C1CCS(=O)(=O)C1. The van der Waals surface area contributed by atoms with Gasteiger partial charge in [-0.05, 0) is 6.42 Å². The molecule has 3 heterocycles. The van der Waals surface area contributed by atoms with Crippen molar-refractivity contribution in [2.75, 3.05) is 24.5 Å². The van der Waals surface area contributed by atoms with Gasteiger partial charge < -0.3 is 9.30 Å². The van der Waals surface area contributed by atoms with Gasteiger partial charge in [0.1, 0.15) is 12.2 Å². The number of rotatable bonds is 4. The van der Waals surface area contributed by atoms with E-state index in [0.717, 1.165) is 5.82 Å². The Morgan fingerprint density at radius 2 is 2.29 bits per heavy atom. The maximum Gasteiger partial charge on any atom is 0.245 e. The third-order valence-corrected chi connectivity index (χ3v) is 5.54. The van der Waals surface area contributed by atoms with E-state index < -0.39 is 9.84 Å². The summed E-state index contributed by atoms with van der Waals surface area (Å²) in [6.45, 7) is 0. The fraction of sp³-hybridized carbons (Fsp3) is 0.583. The molecule has 3 rings (SSSR count). The molecule has 0 saturated carbocycles. The van der Waals surface area contributed by atoms with Crippen LogP contribution in [0.25, 0.3) is 11.2 Å². The van der Waals surface area contributed by atoms with Crippen LogP contribution in [-0.2, 0) is 16.3 Å². The Balaban J connectivity index is 2.17. The van der Waals surface area contributed by atoms with Crippen molar-refractivity contribution in [3.8, 4) is 5.88 Å². The molecule has 1 atom stereocenters. The normalized spacial score (nSPS) is 21.0. The standard InChI is InChI=1S/C12H15ClN4O3S/c1-20-12-10-11(14-7-15-12)17(9(16-10)2-4-13)8-3-5-21(18,19)6-8/h7-8H,2-6H2,1H3. The van der Waals surface area contributed by atoms with Crippen molar-refractivity contribution in [3.63, 3.8) is 0 Å². The fourth-order valence-electron chi connectivity index (χ4n) is 2.71. The monoisotopic (exact) mass is 330 g/mol. The van der Waals surface area contributed by atoms with Gasteiger partial charge in [0, 0.05) is 12.3 Å². The molecule has 1 aliphatic heterocycles. The second-order valence-electron chi connectivity index (χ2n) is 4.95. The van der Waals surface area contributed by atoms with Crippen molar-refractivity contribution in [1.29, 1.82) is 0 Å². The van der Waals surface area contributed by atoms with Gasteiger partial charge in [0.05, 0.1) is 24.7 Å². The Morgan fingerprint density at radius 1 is 1.48 bits per heavy atom. The smallest absolute Gasteiger partial charge is 0.245 e. The predicted octanol–water partition coefficient (Wildman–Crippen LogP) is 0.976. The van der Waals surface area contributed by atoms with Crippen LogP contribution in [0.1, 0.15) is 18.3 Å². The van der Waals surface area contributed by atoms with Crippen LogP contribution in [0.4, 0.5) is 0 Å². The van der Waals surface area contributed by atoms with Crippen molar-refractivity contribution in [2.45, 2.75) is 18.9 Å². The maximum absolute atomic E-state index is 11.7. The number of hydrogen-bond acceptors (Lipinski definition) is 6. The van der Waals surface area contributed by atoms with Gasteiger partial charge in [-0.25, -0.2) is 18.4 Å². The lowest BCUT2D eigenvalue weighted by atomic mass is 10.2. The van der Waals surface area contributed by atoms with Crippen LogP contribution in [0.15, 0.2) is 6.33 Å². The van der Waals surface area contributed by atoms with E-state index >= 15 is 0 Å². The lowest BCUT2D eigenvalue weighted by Crippen LogP contribution is -2.15. The van der Waals surface area contributed by atoms with E-state index in [2.05, 4.69) is 15.0 Å². The fourth-order valence-corrected chi connectivity index (χ4v) is 4.58. The summed E-state index contributed by atoms with van der Waals surface area (Å²) >= 11 is 5.83. The van der Waals surface area contributed by atoms with Crippen molar-refractivity contribution in [2.24, 2.45) is 0 Å². The molecule has 0 amide bonds. The summed E-state index contributed by atoms with van der Waals surface area (Å²) in [7, 11) is -1.48. The minimum absolute atomic E-state index is 0.111. The van der Waals surface area contributed by atoms with Crippen molar-refractivity contribution in [1.82, 2.24) is 19.5 Å². The number of ether oxygens (including phenoxy) is 1. The van der Waals surface area contributed by atoms with E-state index in [4.69, 9.17) is 16.3 Å². The van der Waals surface area contributed by atoms with Crippen molar-refractivity contribution >= 4 is 32.6 Å². The van der Waals surface area contributed by atoms with Gasteiger partial charge in [-0.1, -0.05) is 0 Å². The number of aromatic nitrogens is 4. The molecule has 1 saturated heterocycles. The maximum atomic E-state index is 11.7. The molecule has 21 heavy (non-hydrogen) atoms. The first-order valence-corrected chi connectivity index (χ1v) is 8.93. The minimum atomic E-state index is -2.99. The van der Waals surface area contributed by atoms with Gasteiger partial charge in [0.25, 0.3) is 0 Å². The topological polar surface area (TPSA) is 87.0 Å². The van der Waals surface area contributed by atoms with Crippen LogP contribution in [0.5, 0.6) is 5.88 Å². The largest absolute Gasteiger partial charge is 0.479 e. The molecule has 0 N–H and O–H groups in total. The highest BCUT2D eigenvalue weighted by molar-refractivity contribution is 7.91. The first-order chi connectivity index (χ1) is 10.1. The van der Waals surface area contributed by atoms with Crippen LogP contribution in [0.3, 0.4) is 0 Å². The summed E-state index contributed by atoms with van der Waals surface area (Å²) in [5, 5.41) is 0. The van der Waals surface area contributed by atoms with E-state index in [0.29, 0.717) is 35.8 Å². The molecule has 0 bridgehead atoms. The van der Waals surface area contributed by atoms with Crippen molar-refractivity contribution < 1.29 is 13.2 Å². The molecule has 1 fully saturated rings. The van der Waals surface area contributed by atoms with Gasteiger partial charge in [-0.3, -0.25) is 0 Å². The molecule has 0 spiro atoms. The zero-order chi connectivity index (χ0) is 15.0. The molecule has 0 aliphatic carbocycles. The van der Waals surface area contributed by atoms with E-state index in [1.54, 1.807) is 0 Å². The number of aryl methyl sites for hydroxylation is 1. The Hall–Kier alpha value is -1.41. The summed E-state index contributed by atoms with van der Waals surface area (Å²) in [5.74, 6) is 1.81. The molecule has 7 nitrogen and oxygen atoms in total. The zero-order valence-corrected chi connectivity index (χ0v) is 13.1. The van der Waals surface area contributed by atoms with Crippen LogP contribution in [-0.4, -0.2) is 52.4 Å². The number of hydrogen-bond donors (Lipinski definition) is 0. The summed E-state index contributed by atoms with van der Waals surface area (Å²) in [6, 6.07) is -0.155. The lowest BCUT2D eigenvalue weighted by molar-refractivity contribution is 0.401. The van der Waals surface area contributed by atoms with E-state index in [1.807, 2.05) is 4.57 Å². The number of alkyl halides is 1. The quantitative estimate of drug-likeness (QED) is 0.776. The summed E-state index contributed by atoms with van der Waals surface area (Å²) in [4.78, 5) is 12.8. The van der Waals surface area contributed by atoms with Gasteiger partial charge in [-0.2, -0.15) is 4.98 Å². The molecule has 114 valence electrons. The predicted molar refractivity (Wildman–Crippen MR) is 78.6 cm³/mol. The first kappa shape index (κ1) is 14.5. The van der Waals surface area contributed by atoms with Crippen LogP contribution in [0, 0.1) is 0 Å². The summed E-state index contributed by atoms with van der Waals surface area (Å²) < 4.78 is 30.6. The lowest BCUT2D eigenvalue weighted by Gasteiger charge is -2.14.